The predicted molar refractivity (Wildman–Crippen MR) is 148 cm³/mol. The van der Waals surface area contributed by atoms with Crippen molar-refractivity contribution < 1.29 is 28.3 Å². The highest BCUT2D eigenvalue weighted by atomic mass is 19.1. The van der Waals surface area contributed by atoms with Gasteiger partial charge in [0.1, 0.15) is 24.7 Å². The summed E-state index contributed by atoms with van der Waals surface area (Å²) >= 11 is 0. The monoisotopic (exact) mass is 558 g/mol. The molecular formula is C30H40F2N4O4. The Bertz CT molecular complexity index is 1140. The van der Waals surface area contributed by atoms with Gasteiger partial charge in [0, 0.05) is 25.7 Å². The zero-order valence-electron chi connectivity index (χ0n) is 23.3. The normalized spacial score (nSPS) is 15.3. The van der Waals surface area contributed by atoms with Gasteiger partial charge in [0.2, 0.25) is 17.7 Å². The molecule has 2 atom stereocenters. The molecule has 2 aromatic rings. The van der Waals surface area contributed by atoms with Crippen molar-refractivity contribution in [3.63, 3.8) is 0 Å². The van der Waals surface area contributed by atoms with Gasteiger partial charge in [-0.2, -0.15) is 0 Å². The van der Waals surface area contributed by atoms with E-state index < -0.39 is 29.7 Å². The van der Waals surface area contributed by atoms with E-state index in [-0.39, 0.29) is 50.0 Å². The standard InChI is InChI=1S/C30H40F2N4O4/c1-3-5-6-10-35-19-30(40)36(20-29(35)39)18-28(38)34-26(14-23-12-24(31)15-25(32)13-23)27(37)17-33-16-22-9-7-8-21(4-2)11-22/h7-9,11-13,15,26-27,33,37H,3-6,10,14,16-20H2,1-2H3,(H,34,38)/t26-,27-/m0/s1. The maximum Gasteiger partial charge on any atom is 0.243 e. The summed E-state index contributed by atoms with van der Waals surface area (Å²) in [4.78, 5) is 40.8. The van der Waals surface area contributed by atoms with Crippen LogP contribution in [-0.2, 0) is 33.8 Å². The van der Waals surface area contributed by atoms with Crippen LogP contribution in [-0.4, -0.2) is 77.5 Å². The average molecular weight is 559 g/mol. The van der Waals surface area contributed by atoms with Crippen molar-refractivity contribution in [2.24, 2.45) is 0 Å². The number of benzene rings is 2. The minimum atomic E-state index is -1.10. The zero-order valence-corrected chi connectivity index (χ0v) is 23.3. The number of piperazine rings is 1. The Morgan fingerprint density at radius 3 is 2.33 bits per heavy atom. The number of aryl methyl sites for hydroxylation is 1. The van der Waals surface area contributed by atoms with Gasteiger partial charge in [-0.3, -0.25) is 14.4 Å². The molecule has 2 aromatic carbocycles. The van der Waals surface area contributed by atoms with E-state index in [2.05, 4.69) is 30.5 Å². The number of carbonyl (C=O) groups is 3. The molecule has 0 spiro atoms. The lowest BCUT2D eigenvalue weighted by Crippen LogP contribution is -2.57. The molecule has 3 amide bonds. The smallest absolute Gasteiger partial charge is 0.243 e. The molecule has 3 N–H and O–H groups in total. The number of rotatable bonds is 15. The second-order valence-corrected chi connectivity index (χ2v) is 10.3. The Morgan fingerprint density at radius 2 is 1.62 bits per heavy atom. The predicted octanol–water partition coefficient (Wildman–Crippen LogP) is 2.57. The lowest BCUT2D eigenvalue weighted by Gasteiger charge is -2.34. The summed E-state index contributed by atoms with van der Waals surface area (Å²) in [5, 5.41) is 16.9. The Hall–Kier alpha value is -3.37. The molecule has 1 saturated heterocycles. The summed E-state index contributed by atoms with van der Waals surface area (Å²) in [6.07, 6.45) is 2.54. The van der Waals surface area contributed by atoms with Gasteiger partial charge in [0.05, 0.1) is 18.7 Å². The van der Waals surface area contributed by atoms with E-state index in [0.717, 1.165) is 49.4 Å². The minimum Gasteiger partial charge on any atom is -0.390 e. The van der Waals surface area contributed by atoms with Crippen molar-refractivity contribution in [3.05, 3.63) is 70.8 Å². The molecule has 8 nitrogen and oxygen atoms in total. The highest BCUT2D eigenvalue weighted by molar-refractivity contribution is 5.95. The summed E-state index contributed by atoms with van der Waals surface area (Å²) in [5.74, 6) is -2.64. The van der Waals surface area contributed by atoms with E-state index in [1.807, 2.05) is 18.2 Å². The summed E-state index contributed by atoms with van der Waals surface area (Å²) in [6, 6.07) is 10.2. The van der Waals surface area contributed by atoms with Crippen molar-refractivity contribution in [3.8, 4) is 0 Å². The van der Waals surface area contributed by atoms with Crippen LogP contribution in [0, 0.1) is 11.6 Å². The van der Waals surface area contributed by atoms with Crippen molar-refractivity contribution in [2.75, 3.05) is 32.7 Å². The van der Waals surface area contributed by atoms with Gasteiger partial charge in [0.25, 0.3) is 0 Å². The second-order valence-electron chi connectivity index (χ2n) is 10.3. The SMILES string of the molecule is CCCCCN1CC(=O)N(CC(=O)N[C@@H](Cc2cc(F)cc(F)c2)[C@@H](O)CNCc2cccc(CC)c2)CC1=O. The van der Waals surface area contributed by atoms with Crippen molar-refractivity contribution in [1.29, 1.82) is 0 Å². The van der Waals surface area contributed by atoms with Crippen molar-refractivity contribution in [2.45, 2.75) is 64.6 Å². The van der Waals surface area contributed by atoms with Crippen molar-refractivity contribution in [1.82, 2.24) is 20.4 Å². The zero-order chi connectivity index (χ0) is 29.1. The van der Waals surface area contributed by atoms with E-state index in [9.17, 15) is 28.3 Å². The van der Waals surface area contributed by atoms with Gasteiger partial charge in [-0.1, -0.05) is 51.0 Å². The molecule has 1 aliphatic heterocycles. The number of nitrogens with one attached hydrogen (secondary N) is 2. The van der Waals surface area contributed by atoms with Gasteiger partial charge >= 0.3 is 0 Å². The molecule has 0 aliphatic carbocycles. The number of hydrogen-bond donors (Lipinski definition) is 3. The fourth-order valence-corrected chi connectivity index (χ4v) is 4.76. The third-order valence-electron chi connectivity index (χ3n) is 6.99. The number of halogens is 2. The highest BCUT2D eigenvalue weighted by Crippen LogP contribution is 2.13. The number of aliphatic hydroxyl groups excluding tert-OH is 1. The molecular weight excluding hydrogens is 518 g/mol. The first-order valence-electron chi connectivity index (χ1n) is 13.9. The molecule has 1 fully saturated rings. The van der Waals surface area contributed by atoms with E-state index in [1.165, 1.54) is 15.4 Å². The van der Waals surface area contributed by atoms with Crippen LogP contribution in [0.25, 0.3) is 0 Å². The quantitative estimate of drug-likeness (QED) is 0.292. The van der Waals surface area contributed by atoms with Gasteiger partial charge in [0.15, 0.2) is 0 Å². The van der Waals surface area contributed by atoms with E-state index in [0.29, 0.717) is 13.1 Å². The number of amides is 3. The van der Waals surface area contributed by atoms with E-state index in [1.54, 1.807) is 0 Å². The summed E-state index contributed by atoms with van der Waals surface area (Å²) < 4.78 is 27.7. The molecule has 1 heterocycles. The van der Waals surface area contributed by atoms with Gasteiger partial charge in [-0.05, 0) is 48.1 Å². The minimum absolute atomic E-state index is 0.0350. The van der Waals surface area contributed by atoms with Crippen LogP contribution >= 0.6 is 0 Å². The molecule has 0 aromatic heterocycles. The average Bonchev–Trinajstić information content (AvgIpc) is 2.90. The molecule has 0 radical (unpaired) electrons. The Balaban J connectivity index is 1.62. The second kappa shape index (κ2) is 15.4. The Labute approximate surface area is 234 Å². The fraction of sp³-hybridized carbons (Fsp3) is 0.500. The van der Waals surface area contributed by atoms with Crippen molar-refractivity contribution >= 4 is 17.7 Å². The molecule has 3 rings (SSSR count). The molecule has 40 heavy (non-hydrogen) atoms. The third kappa shape index (κ3) is 9.67. The first-order valence-corrected chi connectivity index (χ1v) is 13.9. The fourth-order valence-electron chi connectivity index (χ4n) is 4.76. The van der Waals surface area contributed by atoms with Crippen LogP contribution in [0.4, 0.5) is 8.78 Å². The number of unbranched alkanes of at least 4 members (excludes halogenated alkanes) is 2. The lowest BCUT2D eigenvalue weighted by molar-refractivity contribution is -0.151. The number of carbonyl (C=O) groups excluding carboxylic acids is 3. The Kier molecular flexibility index (Phi) is 12.0. The number of nitrogens with zero attached hydrogens (tertiary/aromatic N) is 2. The summed E-state index contributed by atoms with van der Waals surface area (Å²) in [6.45, 7) is 4.59. The third-order valence-corrected chi connectivity index (χ3v) is 6.99. The van der Waals surface area contributed by atoms with Crippen LogP contribution in [0.1, 0.15) is 49.8 Å². The van der Waals surface area contributed by atoms with Gasteiger partial charge in [-0.15, -0.1) is 0 Å². The van der Waals surface area contributed by atoms with Crippen LogP contribution in [0.2, 0.25) is 0 Å². The maximum atomic E-state index is 13.8. The summed E-state index contributed by atoms with van der Waals surface area (Å²) in [5.41, 5.74) is 2.49. The molecule has 0 saturated carbocycles. The molecule has 10 heteroatoms. The molecule has 0 unspecified atom stereocenters. The van der Waals surface area contributed by atoms with Crippen LogP contribution < -0.4 is 10.6 Å². The van der Waals surface area contributed by atoms with Crippen LogP contribution in [0.3, 0.4) is 0 Å². The Morgan fingerprint density at radius 1 is 0.950 bits per heavy atom. The number of aliphatic hydroxyl groups is 1. The topological polar surface area (TPSA) is 102 Å². The largest absolute Gasteiger partial charge is 0.390 e. The molecule has 0 bridgehead atoms. The first kappa shape index (κ1) is 31.2. The van der Waals surface area contributed by atoms with Crippen LogP contribution in [0.15, 0.2) is 42.5 Å². The highest BCUT2D eigenvalue weighted by Gasteiger charge is 2.31. The number of hydrogen-bond acceptors (Lipinski definition) is 5. The van der Waals surface area contributed by atoms with E-state index in [4.69, 9.17) is 0 Å². The van der Waals surface area contributed by atoms with E-state index >= 15 is 0 Å². The summed E-state index contributed by atoms with van der Waals surface area (Å²) in [7, 11) is 0. The van der Waals surface area contributed by atoms with Gasteiger partial charge < -0.3 is 25.5 Å². The lowest BCUT2D eigenvalue weighted by atomic mass is 10.0. The maximum absolute atomic E-state index is 13.8. The van der Waals surface area contributed by atoms with Crippen LogP contribution in [0.5, 0.6) is 0 Å². The van der Waals surface area contributed by atoms with Gasteiger partial charge in [-0.25, -0.2) is 8.78 Å². The molecule has 1 aliphatic rings. The first-order chi connectivity index (χ1) is 19.2. The molecule has 218 valence electrons.